The van der Waals surface area contributed by atoms with Gasteiger partial charge in [0.1, 0.15) is 5.58 Å². The van der Waals surface area contributed by atoms with Gasteiger partial charge in [0.15, 0.2) is 6.61 Å². The summed E-state index contributed by atoms with van der Waals surface area (Å²) in [6, 6.07) is 7.83. The van der Waals surface area contributed by atoms with Crippen molar-refractivity contribution in [2.45, 2.75) is 51.5 Å². The van der Waals surface area contributed by atoms with E-state index in [1.807, 2.05) is 36.1 Å². The van der Waals surface area contributed by atoms with Crippen LogP contribution in [0, 0.1) is 12.8 Å². The van der Waals surface area contributed by atoms with E-state index in [0.717, 1.165) is 30.3 Å². The van der Waals surface area contributed by atoms with Crippen LogP contribution in [0.3, 0.4) is 0 Å². The number of carbonyl (C=O) groups is 2. The van der Waals surface area contributed by atoms with Crippen molar-refractivity contribution in [1.29, 1.82) is 0 Å². The second kappa shape index (κ2) is 7.14. The molecule has 2 atom stereocenters. The molecule has 2 fully saturated rings. The van der Waals surface area contributed by atoms with Crippen molar-refractivity contribution in [2.75, 3.05) is 13.2 Å². The number of aryl methyl sites for hydroxylation is 1. The molecule has 2 heterocycles. The van der Waals surface area contributed by atoms with Crippen molar-refractivity contribution in [3.63, 3.8) is 0 Å². The lowest BCUT2D eigenvalue weighted by Crippen LogP contribution is -2.50. The molecule has 1 aliphatic carbocycles. The molecule has 4 rings (SSSR count). The fraction of sp³-hybridized carbons (Fsp3) is 0.524. The van der Waals surface area contributed by atoms with Crippen LogP contribution in [-0.2, 0) is 9.53 Å². The van der Waals surface area contributed by atoms with Crippen LogP contribution in [0.4, 0.5) is 0 Å². The molecule has 1 saturated carbocycles. The summed E-state index contributed by atoms with van der Waals surface area (Å²) in [6.45, 7) is 2.40. The number of furan rings is 1. The maximum absolute atomic E-state index is 12.7. The Balaban J connectivity index is 1.42. The Labute approximate surface area is 153 Å². The minimum Gasteiger partial charge on any atom is -0.450 e. The third kappa shape index (κ3) is 3.11. The minimum atomic E-state index is -0.566. The van der Waals surface area contributed by atoms with E-state index < -0.39 is 5.97 Å². The quantitative estimate of drug-likeness (QED) is 0.779. The summed E-state index contributed by atoms with van der Waals surface area (Å²) < 4.78 is 10.9. The van der Waals surface area contributed by atoms with E-state index in [0.29, 0.717) is 17.5 Å². The third-order valence-corrected chi connectivity index (χ3v) is 5.92. The number of hydrogen-bond donors (Lipinski definition) is 0. The number of fused-ring (bicyclic) bond motifs is 2. The van der Waals surface area contributed by atoms with Gasteiger partial charge in [-0.15, -0.1) is 0 Å². The van der Waals surface area contributed by atoms with Crippen LogP contribution >= 0.6 is 0 Å². The van der Waals surface area contributed by atoms with Gasteiger partial charge in [-0.25, -0.2) is 4.79 Å². The second-order valence-electron chi connectivity index (χ2n) is 7.47. The molecule has 0 spiro atoms. The standard InChI is InChI=1S/C21H25NO4/c1-14-16-9-3-5-11-18(16)26-20(14)21(24)25-13-19(23)22-12-6-8-15-7-2-4-10-17(15)22/h3,5,9,11,15,17H,2,4,6-8,10,12-13H2,1H3/t15-,17+/m0/s1. The molecule has 0 bridgehead atoms. The summed E-state index contributed by atoms with van der Waals surface area (Å²) in [4.78, 5) is 27.0. The van der Waals surface area contributed by atoms with Gasteiger partial charge >= 0.3 is 5.97 Å². The van der Waals surface area contributed by atoms with Crippen molar-refractivity contribution in [1.82, 2.24) is 4.90 Å². The SMILES string of the molecule is Cc1c(C(=O)OCC(=O)N2CCC[C@@H]3CCCC[C@H]32)oc2ccccc12. The highest BCUT2D eigenvalue weighted by Crippen LogP contribution is 2.35. The number of nitrogens with zero attached hydrogens (tertiary/aromatic N) is 1. The van der Waals surface area contributed by atoms with Crippen LogP contribution in [0.1, 0.15) is 54.6 Å². The first-order chi connectivity index (χ1) is 12.6. The molecule has 0 radical (unpaired) electrons. The summed E-state index contributed by atoms with van der Waals surface area (Å²) in [6.07, 6.45) is 7.00. The smallest absolute Gasteiger partial charge is 0.375 e. The number of piperidine rings is 1. The van der Waals surface area contributed by atoms with Crippen LogP contribution in [0.2, 0.25) is 0 Å². The molecular weight excluding hydrogens is 330 g/mol. The normalized spacial score (nSPS) is 22.9. The van der Waals surface area contributed by atoms with Crippen molar-refractivity contribution >= 4 is 22.8 Å². The average molecular weight is 355 g/mol. The Morgan fingerprint density at radius 3 is 2.77 bits per heavy atom. The molecule has 138 valence electrons. The van der Waals surface area contributed by atoms with E-state index in [-0.39, 0.29) is 18.3 Å². The zero-order valence-electron chi connectivity index (χ0n) is 15.2. The van der Waals surface area contributed by atoms with Gasteiger partial charge in [0.25, 0.3) is 5.91 Å². The van der Waals surface area contributed by atoms with Crippen molar-refractivity contribution in [3.05, 3.63) is 35.6 Å². The summed E-state index contributed by atoms with van der Waals surface area (Å²) in [5, 5.41) is 0.895. The Bertz CT molecular complexity index is 823. The number of rotatable bonds is 3. The van der Waals surface area contributed by atoms with E-state index in [1.54, 1.807) is 0 Å². The first kappa shape index (κ1) is 17.1. The number of ether oxygens (including phenoxy) is 1. The van der Waals surface area contributed by atoms with Gasteiger partial charge in [-0.3, -0.25) is 4.79 Å². The minimum absolute atomic E-state index is 0.0799. The van der Waals surface area contributed by atoms with Crippen molar-refractivity contribution in [3.8, 4) is 0 Å². The number of carbonyl (C=O) groups excluding carboxylic acids is 2. The highest BCUT2D eigenvalue weighted by atomic mass is 16.5. The fourth-order valence-electron chi connectivity index (χ4n) is 4.58. The van der Waals surface area contributed by atoms with E-state index in [2.05, 4.69) is 0 Å². The van der Waals surface area contributed by atoms with E-state index in [4.69, 9.17) is 9.15 Å². The predicted octanol–water partition coefficient (Wildman–Crippen LogP) is 4.08. The number of benzene rings is 1. The summed E-state index contributed by atoms with van der Waals surface area (Å²) in [5.41, 5.74) is 1.41. The topological polar surface area (TPSA) is 59.8 Å². The highest BCUT2D eigenvalue weighted by molar-refractivity contribution is 5.96. The second-order valence-corrected chi connectivity index (χ2v) is 7.47. The maximum atomic E-state index is 12.7. The van der Waals surface area contributed by atoms with Gasteiger partial charge in [0.2, 0.25) is 5.76 Å². The lowest BCUT2D eigenvalue weighted by Gasteiger charge is -2.44. The molecule has 0 N–H and O–H groups in total. The molecule has 26 heavy (non-hydrogen) atoms. The molecular formula is C21H25NO4. The largest absolute Gasteiger partial charge is 0.450 e. The zero-order chi connectivity index (χ0) is 18.1. The summed E-state index contributed by atoms with van der Waals surface area (Å²) >= 11 is 0. The first-order valence-corrected chi connectivity index (χ1v) is 9.60. The van der Waals surface area contributed by atoms with Gasteiger partial charge in [-0.1, -0.05) is 31.0 Å². The Morgan fingerprint density at radius 2 is 1.92 bits per heavy atom. The Morgan fingerprint density at radius 1 is 1.15 bits per heavy atom. The van der Waals surface area contributed by atoms with E-state index in [9.17, 15) is 9.59 Å². The van der Waals surface area contributed by atoms with Gasteiger partial charge in [0.05, 0.1) is 0 Å². The molecule has 1 saturated heterocycles. The highest BCUT2D eigenvalue weighted by Gasteiger charge is 2.36. The van der Waals surface area contributed by atoms with E-state index in [1.165, 1.54) is 25.7 Å². The molecule has 5 heteroatoms. The van der Waals surface area contributed by atoms with Crippen molar-refractivity contribution in [2.24, 2.45) is 5.92 Å². The van der Waals surface area contributed by atoms with Gasteiger partial charge in [-0.2, -0.15) is 0 Å². The fourth-order valence-corrected chi connectivity index (χ4v) is 4.58. The van der Waals surface area contributed by atoms with Gasteiger partial charge in [0, 0.05) is 23.5 Å². The molecule has 5 nitrogen and oxygen atoms in total. The number of hydrogen-bond acceptors (Lipinski definition) is 4. The lowest BCUT2D eigenvalue weighted by molar-refractivity contribution is -0.140. The first-order valence-electron chi connectivity index (χ1n) is 9.60. The maximum Gasteiger partial charge on any atom is 0.375 e. The average Bonchev–Trinajstić information content (AvgIpc) is 3.02. The monoisotopic (exact) mass is 355 g/mol. The molecule has 1 aromatic heterocycles. The summed E-state index contributed by atoms with van der Waals surface area (Å²) in [7, 11) is 0. The molecule has 1 aliphatic heterocycles. The Hall–Kier alpha value is -2.30. The zero-order valence-corrected chi connectivity index (χ0v) is 15.2. The molecule has 2 aliphatic rings. The predicted molar refractivity (Wildman–Crippen MR) is 97.9 cm³/mol. The van der Waals surface area contributed by atoms with Crippen LogP contribution in [0.15, 0.2) is 28.7 Å². The lowest BCUT2D eigenvalue weighted by atomic mass is 9.78. The summed E-state index contributed by atoms with van der Waals surface area (Å²) in [5.74, 6) is 0.163. The van der Waals surface area contributed by atoms with Gasteiger partial charge < -0.3 is 14.1 Å². The van der Waals surface area contributed by atoms with Crippen LogP contribution in [-0.4, -0.2) is 36.0 Å². The molecule has 0 unspecified atom stereocenters. The van der Waals surface area contributed by atoms with Crippen LogP contribution in [0.5, 0.6) is 0 Å². The number of likely N-dealkylation sites (tertiary alicyclic amines) is 1. The van der Waals surface area contributed by atoms with Crippen LogP contribution < -0.4 is 0 Å². The van der Waals surface area contributed by atoms with Gasteiger partial charge in [-0.05, 0) is 44.6 Å². The number of esters is 1. The third-order valence-electron chi connectivity index (χ3n) is 5.92. The van der Waals surface area contributed by atoms with Crippen molar-refractivity contribution < 1.29 is 18.7 Å². The molecule has 1 amide bonds. The number of para-hydroxylation sites is 1. The number of amides is 1. The molecule has 1 aromatic carbocycles. The van der Waals surface area contributed by atoms with Crippen LogP contribution in [0.25, 0.3) is 11.0 Å². The van der Waals surface area contributed by atoms with E-state index >= 15 is 0 Å². The molecule has 2 aromatic rings. The Kier molecular flexibility index (Phi) is 4.70.